The Morgan fingerprint density at radius 2 is 1.89 bits per heavy atom. The average molecular weight is 318 g/mol. The van der Waals surface area contributed by atoms with Crippen molar-refractivity contribution >= 4 is 44.0 Å². The van der Waals surface area contributed by atoms with Crippen molar-refractivity contribution in [2.45, 2.75) is 4.83 Å². The minimum absolute atomic E-state index is 0.000605. The number of carbonyl (C=O) groups excluding carboxylic acids is 2. The van der Waals surface area contributed by atoms with Crippen LogP contribution >= 0.6 is 15.9 Å². The number of Topliss-reactive ketones (excluding diaryl/α,β-unsaturated/α-hetero) is 2. The number of aromatic hydroxyl groups is 1. The number of nitrogens with one attached hydrogen (secondary N) is 1. The molecule has 1 unspecified atom stereocenters. The van der Waals surface area contributed by atoms with Gasteiger partial charge in [-0.05, 0) is 11.5 Å². The fourth-order valence-electron chi connectivity index (χ4n) is 2.28. The minimum atomic E-state index is -0.937. The van der Waals surface area contributed by atoms with Crippen LogP contribution in [-0.4, -0.2) is 27.2 Å². The summed E-state index contributed by atoms with van der Waals surface area (Å²) in [6.45, 7) is 0. The second kappa shape index (κ2) is 3.99. The lowest BCUT2D eigenvalue weighted by Crippen LogP contribution is -2.37. The van der Waals surface area contributed by atoms with Crippen LogP contribution in [0, 0.1) is 5.41 Å². The smallest absolute Gasteiger partial charge is 0.234 e. The molecular formula is C14H8BrNO3. The number of hydrogen-bond donors (Lipinski definition) is 2. The third-order valence-electron chi connectivity index (χ3n) is 3.25. The number of carbonyl (C=O) groups is 2. The highest BCUT2D eigenvalue weighted by atomic mass is 79.9. The van der Waals surface area contributed by atoms with E-state index in [-0.39, 0.29) is 17.0 Å². The third kappa shape index (κ3) is 1.55. The van der Waals surface area contributed by atoms with E-state index in [0.29, 0.717) is 10.9 Å². The van der Waals surface area contributed by atoms with E-state index >= 15 is 0 Å². The quantitative estimate of drug-likeness (QED) is 0.578. The molecule has 2 aromatic rings. The van der Waals surface area contributed by atoms with Gasteiger partial charge in [-0.1, -0.05) is 40.2 Å². The van der Waals surface area contributed by atoms with E-state index in [0.717, 1.165) is 5.39 Å². The molecule has 0 saturated carbocycles. The molecule has 19 heavy (non-hydrogen) atoms. The van der Waals surface area contributed by atoms with Crippen molar-refractivity contribution in [3.05, 3.63) is 41.5 Å². The van der Waals surface area contributed by atoms with E-state index < -0.39 is 16.4 Å². The minimum Gasteiger partial charge on any atom is -0.507 e. The maximum absolute atomic E-state index is 12.0. The van der Waals surface area contributed by atoms with Gasteiger partial charge < -0.3 is 10.5 Å². The van der Waals surface area contributed by atoms with Crippen LogP contribution in [0.5, 0.6) is 5.75 Å². The van der Waals surface area contributed by atoms with Crippen molar-refractivity contribution < 1.29 is 14.7 Å². The highest BCUT2D eigenvalue weighted by Gasteiger charge is 2.38. The zero-order chi connectivity index (χ0) is 13.7. The summed E-state index contributed by atoms with van der Waals surface area (Å²) in [6, 6.07) is 8.66. The fourth-order valence-corrected chi connectivity index (χ4v) is 2.73. The van der Waals surface area contributed by atoms with Gasteiger partial charge in [-0.2, -0.15) is 0 Å². The molecule has 0 aromatic heterocycles. The van der Waals surface area contributed by atoms with Gasteiger partial charge in [0, 0.05) is 10.9 Å². The monoisotopic (exact) mass is 317 g/mol. The molecule has 0 amide bonds. The summed E-state index contributed by atoms with van der Waals surface area (Å²) in [6.07, 6.45) is 0. The Morgan fingerprint density at radius 3 is 2.63 bits per heavy atom. The summed E-state index contributed by atoms with van der Waals surface area (Å²) in [5.74, 6) is -1.70. The molecule has 0 radical (unpaired) electrons. The summed E-state index contributed by atoms with van der Waals surface area (Å²) in [7, 11) is 0. The summed E-state index contributed by atoms with van der Waals surface area (Å²) in [5.41, 5.74) is 0.243. The van der Waals surface area contributed by atoms with E-state index in [9.17, 15) is 14.7 Å². The predicted molar refractivity (Wildman–Crippen MR) is 74.5 cm³/mol. The molecule has 94 valence electrons. The lowest BCUT2D eigenvalue weighted by Gasteiger charge is -2.21. The summed E-state index contributed by atoms with van der Waals surface area (Å²) < 4.78 is 0. The van der Waals surface area contributed by atoms with Gasteiger partial charge in [0.15, 0.2) is 0 Å². The lowest BCUT2D eigenvalue weighted by molar-refractivity contribution is -0.113. The Balaban J connectivity index is 2.45. The largest absolute Gasteiger partial charge is 0.507 e. The van der Waals surface area contributed by atoms with Gasteiger partial charge in [-0.15, -0.1) is 0 Å². The summed E-state index contributed by atoms with van der Waals surface area (Å²) in [5, 5.41) is 19.4. The Bertz CT molecular complexity index is 767. The number of rotatable bonds is 0. The van der Waals surface area contributed by atoms with Crippen LogP contribution in [0.15, 0.2) is 30.3 Å². The van der Waals surface area contributed by atoms with Gasteiger partial charge in [-0.25, -0.2) is 0 Å². The number of phenolic OH excluding ortho intramolecular Hbond substituents is 1. The average Bonchev–Trinajstić information content (AvgIpc) is 2.43. The number of alkyl halides is 1. The normalized spacial score (nSPS) is 18.8. The zero-order valence-corrected chi connectivity index (χ0v) is 11.2. The van der Waals surface area contributed by atoms with E-state index in [1.807, 2.05) is 0 Å². The summed E-state index contributed by atoms with van der Waals surface area (Å²) >= 11 is 3.04. The highest BCUT2D eigenvalue weighted by molar-refractivity contribution is 9.10. The predicted octanol–water partition coefficient (Wildman–Crippen LogP) is 2.44. The molecule has 5 heteroatoms. The van der Waals surface area contributed by atoms with E-state index in [1.165, 1.54) is 0 Å². The Morgan fingerprint density at radius 1 is 1.21 bits per heavy atom. The van der Waals surface area contributed by atoms with E-state index in [1.54, 1.807) is 30.3 Å². The Kier molecular flexibility index (Phi) is 2.53. The van der Waals surface area contributed by atoms with Crippen molar-refractivity contribution in [1.82, 2.24) is 0 Å². The van der Waals surface area contributed by atoms with Crippen LogP contribution in [0.3, 0.4) is 0 Å². The molecular weight excluding hydrogens is 310 g/mol. The van der Waals surface area contributed by atoms with E-state index in [2.05, 4.69) is 15.9 Å². The van der Waals surface area contributed by atoms with Crippen molar-refractivity contribution in [3.8, 4) is 5.75 Å². The molecule has 0 spiro atoms. The summed E-state index contributed by atoms with van der Waals surface area (Å²) in [4.78, 5) is 22.8. The number of fused-ring (bicyclic) bond motifs is 2. The maximum atomic E-state index is 12.0. The third-order valence-corrected chi connectivity index (χ3v) is 4.12. The lowest BCUT2D eigenvalue weighted by atomic mass is 9.85. The first-order valence-corrected chi connectivity index (χ1v) is 6.50. The number of ketones is 2. The first kappa shape index (κ1) is 12.0. The molecule has 0 aliphatic heterocycles. The van der Waals surface area contributed by atoms with Crippen LogP contribution in [0.4, 0.5) is 0 Å². The number of phenols is 1. The molecule has 2 aromatic carbocycles. The van der Waals surface area contributed by atoms with Crippen molar-refractivity contribution in [1.29, 1.82) is 5.41 Å². The van der Waals surface area contributed by atoms with Gasteiger partial charge in [0.2, 0.25) is 11.6 Å². The Hall–Kier alpha value is -2.01. The molecule has 0 bridgehead atoms. The van der Waals surface area contributed by atoms with Gasteiger partial charge in [0.1, 0.15) is 10.6 Å². The number of halogens is 1. The number of hydrogen-bond acceptors (Lipinski definition) is 4. The molecule has 4 nitrogen and oxygen atoms in total. The molecule has 2 N–H and O–H groups in total. The molecule has 0 heterocycles. The number of benzene rings is 2. The second-order valence-corrected chi connectivity index (χ2v) is 5.25. The van der Waals surface area contributed by atoms with Gasteiger partial charge in [-0.3, -0.25) is 9.59 Å². The van der Waals surface area contributed by atoms with Crippen LogP contribution in [0.1, 0.15) is 15.9 Å². The standard InChI is InChI=1S/C14H8BrNO3/c15-10-11(16)8-5-6-3-1-2-4-7(6)12(17)9(8)13(18)14(10)19/h1-5,10,16-17H. The molecule has 1 aliphatic carbocycles. The first-order chi connectivity index (χ1) is 9.02. The second-order valence-electron chi connectivity index (χ2n) is 4.34. The van der Waals surface area contributed by atoms with Gasteiger partial charge >= 0.3 is 0 Å². The SMILES string of the molecule is N=C1c2cc3ccccc3c(O)c2C(=O)C(=O)C1Br. The van der Waals surface area contributed by atoms with E-state index in [4.69, 9.17) is 5.41 Å². The maximum Gasteiger partial charge on any atom is 0.234 e. The molecule has 3 rings (SSSR count). The van der Waals surface area contributed by atoms with Crippen LogP contribution in [0.2, 0.25) is 0 Å². The first-order valence-electron chi connectivity index (χ1n) is 5.58. The zero-order valence-electron chi connectivity index (χ0n) is 9.61. The van der Waals surface area contributed by atoms with Crippen molar-refractivity contribution in [3.63, 3.8) is 0 Å². The van der Waals surface area contributed by atoms with Crippen LogP contribution < -0.4 is 0 Å². The molecule has 0 saturated heterocycles. The van der Waals surface area contributed by atoms with Crippen molar-refractivity contribution in [2.24, 2.45) is 0 Å². The van der Waals surface area contributed by atoms with Gasteiger partial charge in [0.05, 0.1) is 11.3 Å². The highest BCUT2D eigenvalue weighted by Crippen LogP contribution is 2.36. The molecule has 1 aliphatic rings. The topological polar surface area (TPSA) is 78.2 Å². The van der Waals surface area contributed by atoms with Crippen molar-refractivity contribution in [2.75, 3.05) is 0 Å². The Labute approximate surface area is 116 Å². The molecule has 0 fully saturated rings. The van der Waals surface area contributed by atoms with Gasteiger partial charge in [0.25, 0.3) is 0 Å². The fraction of sp³-hybridized carbons (Fsp3) is 0.0714. The van der Waals surface area contributed by atoms with Crippen LogP contribution in [-0.2, 0) is 4.79 Å². The van der Waals surface area contributed by atoms with Crippen LogP contribution in [0.25, 0.3) is 10.8 Å². The molecule has 1 atom stereocenters.